The molecule has 0 heterocycles. The summed E-state index contributed by atoms with van der Waals surface area (Å²) in [6.45, 7) is 18.1. The SMILES string of the molecule is CC(C)(C)OCOc1ccc(OCOC(C)(C)C)c(OCOC(C)(C)C)c1. The Labute approximate surface area is 164 Å². The molecule has 0 N–H and O–H groups in total. The van der Waals surface area contributed by atoms with Gasteiger partial charge < -0.3 is 28.4 Å². The van der Waals surface area contributed by atoms with E-state index in [1.54, 1.807) is 18.2 Å². The molecule has 1 aromatic carbocycles. The zero-order valence-electron chi connectivity index (χ0n) is 18.3. The van der Waals surface area contributed by atoms with Crippen LogP contribution in [0, 0.1) is 0 Å². The van der Waals surface area contributed by atoms with Crippen LogP contribution in [-0.4, -0.2) is 37.2 Å². The smallest absolute Gasteiger partial charge is 0.189 e. The van der Waals surface area contributed by atoms with Crippen LogP contribution in [0.15, 0.2) is 18.2 Å². The molecule has 6 heteroatoms. The van der Waals surface area contributed by atoms with Gasteiger partial charge in [-0.1, -0.05) is 0 Å². The van der Waals surface area contributed by atoms with Gasteiger partial charge >= 0.3 is 0 Å². The largest absolute Gasteiger partial charge is 0.467 e. The maximum atomic E-state index is 5.76. The summed E-state index contributed by atoms with van der Waals surface area (Å²) in [5.74, 6) is 1.69. The van der Waals surface area contributed by atoms with Crippen LogP contribution in [0.5, 0.6) is 17.2 Å². The molecule has 156 valence electrons. The van der Waals surface area contributed by atoms with Crippen LogP contribution < -0.4 is 14.2 Å². The molecule has 0 radical (unpaired) electrons. The van der Waals surface area contributed by atoms with E-state index in [1.807, 2.05) is 62.3 Å². The van der Waals surface area contributed by atoms with Crippen LogP contribution in [0.25, 0.3) is 0 Å². The Hall–Kier alpha value is -1.50. The number of hydrogen-bond donors (Lipinski definition) is 0. The Morgan fingerprint density at radius 2 is 0.963 bits per heavy atom. The van der Waals surface area contributed by atoms with Crippen molar-refractivity contribution in [3.8, 4) is 17.2 Å². The van der Waals surface area contributed by atoms with E-state index >= 15 is 0 Å². The van der Waals surface area contributed by atoms with Crippen LogP contribution in [0.3, 0.4) is 0 Å². The fourth-order valence-corrected chi connectivity index (χ4v) is 1.62. The Morgan fingerprint density at radius 1 is 0.556 bits per heavy atom. The van der Waals surface area contributed by atoms with Crippen molar-refractivity contribution in [3.05, 3.63) is 18.2 Å². The Bertz CT molecular complexity index is 564. The standard InChI is InChI=1S/C21H36O6/c1-19(2,3)25-13-22-16-10-11-17(23-14-26-20(4,5)6)18(12-16)24-15-27-21(7,8)9/h10-12H,13-15H2,1-9H3. The maximum Gasteiger partial charge on any atom is 0.189 e. The maximum absolute atomic E-state index is 5.76. The zero-order valence-corrected chi connectivity index (χ0v) is 18.3. The van der Waals surface area contributed by atoms with Gasteiger partial charge in [-0.15, -0.1) is 0 Å². The molecule has 0 atom stereocenters. The summed E-state index contributed by atoms with van der Waals surface area (Å²) in [4.78, 5) is 0. The minimum Gasteiger partial charge on any atom is -0.467 e. The molecule has 0 amide bonds. The van der Waals surface area contributed by atoms with E-state index in [4.69, 9.17) is 28.4 Å². The second-order valence-electron chi connectivity index (χ2n) is 9.17. The van der Waals surface area contributed by atoms with Crippen LogP contribution >= 0.6 is 0 Å². The molecule has 0 fully saturated rings. The summed E-state index contributed by atoms with van der Waals surface area (Å²) in [6, 6.07) is 5.34. The van der Waals surface area contributed by atoms with Crippen molar-refractivity contribution in [1.82, 2.24) is 0 Å². The molecule has 0 aliphatic carbocycles. The van der Waals surface area contributed by atoms with Gasteiger partial charge in [0.15, 0.2) is 31.9 Å². The summed E-state index contributed by atoms with van der Waals surface area (Å²) in [5, 5.41) is 0. The van der Waals surface area contributed by atoms with Crippen LogP contribution in [0.2, 0.25) is 0 Å². The van der Waals surface area contributed by atoms with Crippen molar-refractivity contribution in [2.45, 2.75) is 79.1 Å². The summed E-state index contributed by atoms with van der Waals surface area (Å²) >= 11 is 0. The Kier molecular flexibility index (Phi) is 8.39. The summed E-state index contributed by atoms with van der Waals surface area (Å²) < 4.78 is 34.0. The molecule has 0 saturated carbocycles. The van der Waals surface area contributed by atoms with E-state index < -0.39 is 0 Å². The fraction of sp³-hybridized carbons (Fsp3) is 0.714. The molecule has 27 heavy (non-hydrogen) atoms. The molecule has 0 unspecified atom stereocenters. The predicted molar refractivity (Wildman–Crippen MR) is 105 cm³/mol. The summed E-state index contributed by atoms with van der Waals surface area (Å²) in [7, 11) is 0. The monoisotopic (exact) mass is 384 g/mol. The zero-order chi connectivity index (χ0) is 20.7. The van der Waals surface area contributed by atoms with E-state index in [0.717, 1.165) is 0 Å². The Balaban J connectivity index is 2.77. The molecule has 0 aromatic heterocycles. The van der Waals surface area contributed by atoms with E-state index in [-0.39, 0.29) is 37.2 Å². The summed E-state index contributed by atoms with van der Waals surface area (Å²) in [6.07, 6.45) is 0. The van der Waals surface area contributed by atoms with Crippen molar-refractivity contribution in [1.29, 1.82) is 0 Å². The second-order valence-corrected chi connectivity index (χ2v) is 9.17. The molecule has 1 rings (SSSR count). The van der Waals surface area contributed by atoms with Gasteiger partial charge in [0.05, 0.1) is 16.8 Å². The topological polar surface area (TPSA) is 55.4 Å². The van der Waals surface area contributed by atoms with Gasteiger partial charge in [-0.25, -0.2) is 0 Å². The van der Waals surface area contributed by atoms with Crippen LogP contribution in [0.4, 0.5) is 0 Å². The lowest BCUT2D eigenvalue weighted by Gasteiger charge is -2.23. The molecule has 0 aliphatic rings. The van der Waals surface area contributed by atoms with Gasteiger partial charge in [-0.05, 0) is 74.4 Å². The van der Waals surface area contributed by atoms with Gasteiger partial charge in [-0.3, -0.25) is 0 Å². The van der Waals surface area contributed by atoms with E-state index in [1.165, 1.54) is 0 Å². The van der Waals surface area contributed by atoms with Crippen molar-refractivity contribution < 1.29 is 28.4 Å². The van der Waals surface area contributed by atoms with Crippen LogP contribution in [-0.2, 0) is 14.2 Å². The molecule has 0 saturated heterocycles. The number of rotatable bonds is 9. The van der Waals surface area contributed by atoms with E-state index in [0.29, 0.717) is 17.2 Å². The Morgan fingerprint density at radius 3 is 1.41 bits per heavy atom. The molecular weight excluding hydrogens is 348 g/mol. The molecule has 0 bridgehead atoms. The van der Waals surface area contributed by atoms with Crippen molar-refractivity contribution in [2.75, 3.05) is 20.4 Å². The van der Waals surface area contributed by atoms with Gasteiger partial charge in [0.2, 0.25) is 0 Å². The second kappa shape index (κ2) is 9.62. The first-order valence-electron chi connectivity index (χ1n) is 9.19. The normalized spacial score (nSPS) is 12.8. The first-order valence-corrected chi connectivity index (χ1v) is 9.19. The van der Waals surface area contributed by atoms with Gasteiger partial charge in [0.1, 0.15) is 5.75 Å². The first-order chi connectivity index (χ1) is 12.3. The quantitative estimate of drug-likeness (QED) is 0.550. The minimum atomic E-state index is -0.301. The highest BCUT2D eigenvalue weighted by Gasteiger charge is 2.15. The third kappa shape index (κ3) is 11.7. The highest BCUT2D eigenvalue weighted by Crippen LogP contribution is 2.32. The summed E-state index contributed by atoms with van der Waals surface area (Å²) in [5.41, 5.74) is -0.859. The average molecular weight is 385 g/mol. The van der Waals surface area contributed by atoms with Crippen molar-refractivity contribution >= 4 is 0 Å². The lowest BCUT2D eigenvalue weighted by atomic mass is 10.2. The fourth-order valence-electron chi connectivity index (χ4n) is 1.62. The molecule has 0 spiro atoms. The van der Waals surface area contributed by atoms with E-state index in [2.05, 4.69) is 0 Å². The van der Waals surface area contributed by atoms with Crippen LogP contribution in [0.1, 0.15) is 62.3 Å². The predicted octanol–water partition coefficient (Wildman–Crippen LogP) is 5.14. The number of ether oxygens (including phenoxy) is 6. The highest BCUT2D eigenvalue weighted by atomic mass is 16.7. The third-order valence-corrected chi connectivity index (χ3v) is 3.05. The number of benzene rings is 1. The van der Waals surface area contributed by atoms with Crippen molar-refractivity contribution in [3.63, 3.8) is 0 Å². The minimum absolute atomic E-state index is 0.0991. The molecule has 6 nitrogen and oxygen atoms in total. The molecule has 1 aromatic rings. The lowest BCUT2D eigenvalue weighted by Crippen LogP contribution is -2.23. The third-order valence-electron chi connectivity index (χ3n) is 3.05. The van der Waals surface area contributed by atoms with Gasteiger partial charge in [0.25, 0.3) is 0 Å². The first kappa shape index (κ1) is 23.5. The lowest BCUT2D eigenvalue weighted by molar-refractivity contribution is -0.0863. The van der Waals surface area contributed by atoms with E-state index in [9.17, 15) is 0 Å². The average Bonchev–Trinajstić information content (AvgIpc) is 2.45. The molecule has 0 aliphatic heterocycles. The van der Waals surface area contributed by atoms with Gasteiger partial charge in [-0.2, -0.15) is 0 Å². The van der Waals surface area contributed by atoms with Crippen molar-refractivity contribution in [2.24, 2.45) is 0 Å². The van der Waals surface area contributed by atoms with Gasteiger partial charge in [0, 0.05) is 6.07 Å². The number of hydrogen-bond acceptors (Lipinski definition) is 6. The highest BCUT2D eigenvalue weighted by molar-refractivity contribution is 5.45. The molecular formula is C21H36O6.